The lowest BCUT2D eigenvalue weighted by Crippen LogP contribution is -2.05. The van der Waals surface area contributed by atoms with Crippen LogP contribution in [0, 0.1) is 0 Å². The number of hydrogen-bond donors (Lipinski definition) is 0. The summed E-state index contributed by atoms with van der Waals surface area (Å²) in [5, 5.41) is 0. The molecule has 0 saturated heterocycles. The molecule has 0 aromatic carbocycles. The van der Waals surface area contributed by atoms with Gasteiger partial charge in [0, 0.05) is 0 Å². The fourth-order valence-electron chi connectivity index (χ4n) is 1.14. The zero-order chi connectivity index (χ0) is 10.7. The summed E-state index contributed by atoms with van der Waals surface area (Å²) < 4.78 is 9.59. The molecule has 0 radical (unpaired) electrons. The van der Waals surface area contributed by atoms with Crippen LogP contribution >= 0.6 is 11.5 Å². The molecule has 0 aliphatic carbocycles. The van der Waals surface area contributed by atoms with Gasteiger partial charge in [0.2, 0.25) is 0 Å². The minimum atomic E-state index is 0.162. The second kappa shape index (κ2) is 4.35. The van der Waals surface area contributed by atoms with Gasteiger partial charge in [0.25, 0.3) is 0 Å². The van der Waals surface area contributed by atoms with E-state index in [1.165, 1.54) is 11.5 Å². The highest BCUT2D eigenvalue weighted by Crippen LogP contribution is 2.17. The third kappa shape index (κ3) is 2.50. The molecule has 2 heterocycles. The van der Waals surface area contributed by atoms with E-state index in [4.69, 9.17) is 4.74 Å². The summed E-state index contributed by atoms with van der Waals surface area (Å²) in [6.07, 6.45) is 1.85. The van der Waals surface area contributed by atoms with Crippen LogP contribution in [0.25, 0.3) is 11.5 Å². The van der Waals surface area contributed by atoms with Gasteiger partial charge in [-0.25, -0.2) is 9.97 Å². The Kier molecular flexibility index (Phi) is 2.91. The summed E-state index contributed by atoms with van der Waals surface area (Å²) >= 11 is 1.32. The van der Waals surface area contributed by atoms with Crippen LogP contribution in [0.4, 0.5) is 0 Å². The van der Waals surface area contributed by atoms with Crippen molar-refractivity contribution in [3.05, 3.63) is 23.8 Å². The van der Waals surface area contributed by atoms with Crippen LogP contribution in [0.15, 0.2) is 23.8 Å². The molecule has 0 amide bonds. The quantitative estimate of drug-likeness (QED) is 0.798. The van der Waals surface area contributed by atoms with Crippen molar-refractivity contribution >= 4 is 11.5 Å². The van der Waals surface area contributed by atoms with E-state index in [1.54, 1.807) is 11.7 Å². The standard InChI is InChI=1S/C10H11N3OS/c1-7(2)14-8-3-4-9(11-5-8)10-12-6-15-13-10/h3-7H,1-2H3. The summed E-state index contributed by atoms with van der Waals surface area (Å²) in [5.74, 6) is 1.43. The largest absolute Gasteiger partial charge is 0.489 e. The highest BCUT2D eigenvalue weighted by Gasteiger charge is 2.04. The normalized spacial score (nSPS) is 10.6. The summed E-state index contributed by atoms with van der Waals surface area (Å²) in [6.45, 7) is 3.96. The molecule has 4 nitrogen and oxygen atoms in total. The molecule has 78 valence electrons. The molecule has 5 heteroatoms. The first-order valence-electron chi connectivity index (χ1n) is 4.65. The first kappa shape index (κ1) is 10.0. The Hall–Kier alpha value is -1.49. The monoisotopic (exact) mass is 221 g/mol. The summed E-state index contributed by atoms with van der Waals surface area (Å²) in [4.78, 5) is 8.31. The van der Waals surface area contributed by atoms with Crippen LogP contribution in [-0.2, 0) is 0 Å². The van der Waals surface area contributed by atoms with Crippen LogP contribution in [0.2, 0.25) is 0 Å². The number of ether oxygens (including phenoxy) is 1. The van der Waals surface area contributed by atoms with E-state index >= 15 is 0 Å². The maximum absolute atomic E-state index is 5.49. The summed E-state index contributed by atoms with van der Waals surface area (Å²) in [7, 11) is 0. The average Bonchev–Trinajstić information content (AvgIpc) is 2.71. The summed E-state index contributed by atoms with van der Waals surface area (Å²) in [5.41, 5.74) is 2.46. The molecule has 0 spiro atoms. The number of pyridine rings is 1. The summed E-state index contributed by atoms with van der Waals surface area (Å²) in [6, 6.07) is 3.74. The van der Waals surface area contributed by atoms with Gasteiger partial charge in [0.05, 0.1) is 12.3 Å². The average molecular weight is 221 g/mol. The van der Waals surface area contributed by atoms with Gasteiger partial charge in [-0.3, -0.25) is 0 Å². The molecule has 2 aromatic heterocycles. The highest BCUT2D eigenvalue weighted by molar-refractivity contribution is 7.03. The third-order valence-corrected chi connectivity index (χ3v) is 2.18. The fourth-order valence-corrected chi connectivity index (χ4v) is 1.57. The van der Waals surface area contributed by atoms with Crippen molar-refractivity contribution in [3.8, 4) is 17.3 Å². The Bertz CT molecular complexity index is 411. The molecular formula is C10H11N3OS. The van der Waals surface area contributed by atoms with E-state index in [9.17, 15) is 0 Å². The van der Waals surface area contributed by atoms with Crippen LogP contribution in [0.1, 0.15) is 13.8 Å². The van der Waals surface area contributed by atoms with Crippen LogP contribution in [0.3, 0.4) is 0 Å². The van der Waals surface area contributed by atoms with Crippen molar-refractivity contribution in [2.24, 2.45) is 0 Å². The lowest BCUT2D eigenvalue weighted by molar-refractivity contribution is 0.241. The first-order valence-corrected chi connectivity index (χ1v) is 5.49. The van der Waals surface area contributed by atoms with Crippen LogP contribution < -0.4 is 4.74 Å². The molecule has 0 unspecified atom stereocenters. The van der Waals surface area contributed by atoms with Crippen molar-refractivity contribution in [2.75, 3.05) is 0 Å². The Morgan fingerprint density at radius 2 is 2.13 bits per heavy atom. The van der Waals surface area contributed by atoms with Gasteiger partial charge in [-0.05, 0) is 37.5 Å². The van der Waals surface area contributed by atoms with Crippen molar-refractivity contribution in [2.45, 2.75) is 20.0 Å². The van der Waals surface area contributed by atoms with Gasteiger partial charge in [-0.15, -0.1) is 0 Å². The number of aromatic nitrogens is 3. The molecule has 0 saturated carbocycles. The van der Waals surface area contributed by atoms with Gasteiger partial charge < -0.3 is 4.74 Å². The topological polar surface area (TPSA) is 47.9 Å². The molecule has 0 fully saturated rings. The molecule has 0 N–H and O–H groups in total. The van der Waals surface area contributed by atoms with Crippen molar-refractivity contribution in [1.29, 1.82) is 0 Å². The molecule has 15 heavy (non-hydrogen) atoms. The molecule has 0 bridgehead atoms. The van der Waals surface area contributed by atoms with E-state index < -0.39 is 0 Å². The second-order valence-electron chi connectivity index (χ2n) is 3.30. The number of nitrogens with zero attached hydrogens (tertiary/aromatic N) is 3. The maximum atomic E-state index is 5.49. The van der Waals surface area contributed by atoms with E-state index in [2.05, 4.69) is 14.3 Å². The molecule has 0 aliphatic rings. The number of rotatable bonds is 3. The highest BCUT2D eigenvalue weighted by atomic mass is 32.1. The van der Waals surface area contributed by atoms with E-state index in [0.717, 1.165) is 11.4 Å². The lowest BCUT2D eigenvalue weighted by atomic mass is 10.3. The Balaban J connectivity index is 2.17. The Morgan fingerprint density at radius 1 is 1.27 bits per heavy atom. The van der Waals surface area contributed by atoms with Crippen LogP contribution in [-0.4, -0.2) is 20.4 Å². The smallest absolute Gasteiger partial charge is 0.191 e. The van der Waals surface area contributed by atoms with Gasteiger partial charge in [0.15, 0.2) is 5.82 Å². The number of hydrogen-bond acceptors (Lipinski definition) is 5. The SMILES string of the molecule is CC(C)Oc1ccc(-c2ncsn2)nc1. The Morgan fingerprint density at radius 3 is 2.67 bits per heavy atom. The third-order valence-electron chi connectivity index (χ3n) is 1.70. The molecular weight excluding hydrogens is 210 g/mol. The van der Waals surface area contributed by atoms with Crippen LogP contribution in [0.5, 0.6) is 5.75 Å². The minimum Gasteiger partial charge on any atom is -0.489 e. The zero-order valence-corrected chi connectivity index (χ0v) is 9.36. The van der Waals surface area contributed by atoms with Crippen molar-refractivity contribution in [3.63, 3.8) is 0 Å². The maximum Gasteiger partial charge on any atom is 0.191 e. The second-order valence-corrected chi connectivity index (χ2v) is 3.90. The van der Waals surface area contributed by atoms with Crippen molar-refractivity contribution < 1.29 is 4.74 Å². The predicted octanol–water partition coefficient (Wildman–Crippen LogP) is 2.39. The van der Waals surface area contributed by atoms with Crippen molar-refractivity contribution in [1.82, 2.24) is 14.3 Å². The lowest BCUT2D eigenvalue weighted by Gasteiger charge is -2.08. The first-order chi connectivity index (χ1) is 7.25. The van der Waals surface area contributed by atoms with Gasteiger partial charge in [-0.2, -0.15) is 4.37 Å². The van der Waals surface area contributed by atoms with E-state index in [-0.39, 0.29) is 6.10 Å². The van der Waals surface area contributed by atoms with Gasteiger partial charge in [-0.1, -0.05) is 0 Å². The molecule has 0 aliphatic heterocycles. The molecule has 0 atom stereocenters. The minimum absolute atomic E-state index is 0.162. The Labute approximate surface area is 92.1 Å². The van der Waals surface area contributed by atoms with E-state index in [0.29, 0.717) is 5.82 Å². The van der Waals surface area contributed by atoms with Gasteiger partial charge in [0.1, 0.15) is 17.0 Å². The van der Waals surface area contributed by atoms with Gasteiger partial charge >= 0.3 is 0 Å². The fraction of sp³-hybridized carbons (Fsp3) is 0.300. The zero-order valence-electron chi connectivity index (χ0n) is 8.54. The van der Waals surface area contributed by atoms with E-state index in [1.807, 2.05) is 26.0 Å². The molecule has 2 rings (SSSR count). The predicted molar refractivity (Wildman–Crippen MR) is 58.9 cm³/mol. The molecule has 2 aromatic rings.